The molecule has 9 heteroatoms. The quantitative estimate of drug-likeness (QED) is 0.610. The van der Waals surface area contributed by atoms with Gasteiger partial charge >= 0.3 is 12.4 Å². The SMILES string of the molecule is CC1CCCC(CCl)(NC(=O)C(C(F)(F)F)C(F)(F)F)C1. The van der Waals surface area contributed by atoms with Gasteiger partial charge in [0, 0.05) is 5.88 Å². The molecule has 21 heavy (non-hydrogen) atoms. The summed E-state index contributed by atoms with van der Waals surface area (Å²) in [6.45, 7) is 1.82. The van der Waals surface area contributed by atoms with Crippen molar-refractivity contribution in [2.75, 3.05) is 5.88 Å². The molecule has 1 fully saturated rings. The molecule has 0 spiro atoms. The van der Waals surface area contributed by atoms with Gasteiger partial charge in [-0.25, -0.2) is 0 Å². The van der Waals surface area contributed by atoms with Crippen molar-refractivity contribution in [2.24, 2.45) is 11.8 Å². The first-order valence-electron chi connectivity index (χ1n) is 6.43. The molecule has 0 aromatic heterocycles. The third-order valence-electron chi connectivity index (χ3n) is 3.65. The molecule has 0 saturated heterocycles. The zero-order valence-electron chi connectivity index (χ0n) is 11.2. The third-order valence-corrected chi connectivity index (χ3v) is 4.16. The Morgan fingerprint density at radius 3 is 2.19 bits per heavy atom. The van der Waals surface area contributed by atoms with E-state index in [9.17, 15) is 31.1 Å². The number of hydrogen-bond donors (Lipinski definition) is 1. The summed E-state index contributed by atoms with van der Waals surface area (Å²) < 4.78 is 75.1. The van der Waals surface area contributed by atoms with Crippen LogP contribution < -0.4 is 5.32 Å². The fraction of sp³-hybridized carbons (Fsp3) is 0.917. The molecule has 2 unspecified atom stereocenters. The van der Waals surface area contributed by atoms with Crippen molar-refractivity contribution in [3.05, 3.63) is 0 Å². The number of carbonyl (C=O) groups excluding carboxylic acids is 1. The molecule has 0 heterocycles. The Hall–Kier alpha value is -0.660. The van der Waals surface area contributed by atoms with E-state index in [2.05, 4.69) is 0 Å². The number of rotatable bonds is 3. The van der Waals surface area contributed by atoms with Gasteiger partial charge in [-0.05, 0) is 18.8 Å². The predicted molar refractivity (Wildman–Crippen MR) is 64.8 cm³/mol. The van der Waals surface area contributed by atoms with Crippen LogP contribution in [0.5, 0.6) is 0 Å². The molecule has 1 aliphatic carbocycles. The Bertz CT molecular complexity index is 369. The van der Waals surface area contributed by atoms with Crippen LogP contribution in [0.1, 0.15) is 32.6 Å². The Morgan fingerprint density at radius 1 is 1.29 bits per heavy atom. The standard InChI is InChI=1S/C12H16ClF6NO/c1-7-3-2-4-10(5-7,6-13)20-9(21)8(11(14,15)16)12(17,18)19/h7-8H,2-6H2,1H3,(H,20,21). The first-order valence-corrected chi connectivity index (χ1v) is 6.96. The summed E-state index contributed by atoms with van der Waals surface area (Å²) in [6.07, 6.45) is -9.43. The van der Waals surface area contributed by atoms with Crippen molar-refractivity contribution in [3.8, 4) is 0 Å². The Balaban J connectivity index is 2.95. The van der Waals surface area contributed by atoms with Crippen LogP contribution >= 0.6 is 11.6 Å². The van der Waals surface area contributed by atoms with Gasteiger partial charge in [0.05, 0.1) is 5.54 Å². The molecule has 2 nitrogen and oxygen atoms in total. The molecule has 1 rings (SSSR count). The number of nitrogens with one attached hydrogen (secondary N) is 1. The second-order valence-corrected chi connectivity index (χ2v) is 5.89. The number of amides is 1. The highest BCUT2D eigenvalue weighted by atomic mass is 35.5. The lowest BCUT2D eigenvalue weighted by Crippen LogP contribution is -2.58. The number of carbonyl (C=O) groups is 1. The maximum Gasteiger partial charge on any atom is 0.409 e. The summed E-state index contributed by atoms with van der Waals surface area (Å²) >= 11 is 5.70. The van der Waals surface area contributed by atoms with Crippen LogP contribution in [0.3, 0.4) is 0 Å². The maximum absolute atomic E-state index is 12.5. The summed E-state index contributed by atoms with van der Waals surface area (Å²) in [6, 6.07) is 0. The van der Waals surface area contributed by atoms with Gasteiger partial charge in [-0.1, -0.05) is 19.8 Å². The van der Waals surface area contributed by atoms with Gasteiger partial charge < -0.3 is 5.32 Å². The van der Waals surface area contributed by atoms with Crippen molar-refractivity contribution in [2.45, 2.75) is 50.5 Å². The van der Waals surface area contributed by atoms with Crippen LogP contribution in [0.25, 0.3) is 0 Å². The predicted octanol–water partition coefficient (Wildman–Crippen LogP) is 4.03. The normalized spacial score (nSPS) is 27.8. The topological polar surface area (TPSA) is 29.1 Å². The molecule has 0 aromatic carbocycles. The van der Waals surface area contributed by atoms with Gasteiger partial charge in [-0.3, -0.25) is 4.79 Å². The van der Waals surface area contributed by atoms with Gasteiger partial charge in [-0.15, -0.1) is 11.6 Å². The second-order valence-electron chi connectivity index (χ2n) is 5.62. The van der Waals surface area contributed by atoms with Gasteiger partial charge in [0.25, 0.3) is 0 Å². The van der Waals surface area contributed by atoms with Crippen LogP contribution in [0.15, 0.2) is 0 Å². The number of hydrogen-bond acceptors (Lipinski definition) is 1. The monoisotopic (exact) mass is 339 g/mol. The van der Waals surface area contributed by atoms with Crippen molar-refractivity contribution in [3.63, 3.8) is 0 Å². The Morgan fingerprint density at radius 2 is 1.81 bits per heavy atom. The van der Waals surface area contributed by atoms with Gasteiger partial charge in [0.2, 0.25) is 11.8 Å². The average molecular weight is 340 g/mol. The summed E-state index contributed by atoms with van der Waals surface area (Å²) in [5.74, 6) is -6.24. The van der Waals surface area contributed by atoms with E-state index < -0.39 is 29.7 Å². The van der Waals surface area contributed by atoms with E-state index in [1.165, 1.54) is 0 Å². The van der Waals surface area contributed by atoms with E-state index in [1.54, 1.807) is 0 Å². The van der Waals surface area contributed by atoms with E-state index in [1.807, 2.05) is 12.2 Å². The highest BCUT2D eigenvalue weighted by Crippen LogP contribution is 2.41. The molecular formula is C12H16ClF6NO. The minimum Gasteiger partial charge on any atom is -0.349 e. The molecule has 0 bridgehead atoms. The summed E-state index contributed by atoms with van der Waals surface area (Å²) in [4.78, 5) is 11.6. The third kappa shape index (κ3) is 4.66. The van der Waals surface area contributed by atoms with Gasteiger partial charge in [0.15, 0.2) is 0 Å². The van der Waals surface area contributed by atoms with Crippen LogP contribution in [-0.2, 0) is 4.79 Å². The van der Waals surface area contributed by atoms with E-state index in [0.717, 1.165) is 6.42 Å². The first-order chi connectivity index (χ1) is 9.41. The maximum atomic E-state index is 12.5. The van der Waals surface area contributed by atoms with Crippen molar-refractivity contribution in [1.29, 1.82) is 0 Å². The van der Waals surface area contributed by atoms with Crippen LogP contribution in [0.4, 0.5) is 26.3 Å². The van der Waals surface area contributed by atoms with Gasteiger partial charge in [-0.2, -0.15) is 26.3 Å². The molecule has 2 atom stereocenters. The fourth-order valence-electron chi connectivity index (χ4n) is 2.74. The molecule has 0 aromatic rings. The van der Waals surface area contributed by atoms with Crippen molar-refractivity contribution in [1.82, 2.24) is 5.32 Å². The van der Waals surface area contributed by atoms with E-state index in [-0.39, 0.29) is 24.6 Å². The largest absolute Gasteiger partial charge is 0.409 e. The van der Waals surface area contributed by atoms with Crippen LogP contribution in [0, 0.1) is 11.8 Å². The average Bonchev–Trinajstić information content (AvgIpc) is 2.24. The molecular weight excluding hydrogens is 324 g/mol. The molecule has 1 amide bonds. The Labute approximate surface area is 123 Å². The number of halogens is 7. The molecule has 0 radical (unpaired) electrons. The molecule has 1 saturated carbocycles. The molecule has 0 aliphatic heterocycles. The highest BCUT2D eigenvalue weighted by molar-refractivity contribution is 6.18. The van der Waals surface area contributed by atoms with Crippen LogP contribution in [0.2, 0.25) is 0 Å². The van der Waals surface area contributed by atoms with Gasteiger partial charge in [0.1, 0.15) is 0 Å². The van der Waals surface area contributed by atoms with E-state index in [4.69, 9.17) is 11.6 Å². The van der Waals surface area contributed by atoms with E-state index >= 15 is 0 Å². The lowest BCUT2D eigenvalue weighted by atomic mass is 9.77. The zero-order chi connectivity index (χ0) is 16.5. The van der Waals surface area contributed by atoms with Crippen molar-refractivity contribution >= 4 is 17.5 Å². The lowest BCUT2D eigenvalue weighted by Gasteiger charge is -2.40. The summed E-state index contributed by atoms with van der Waals surface area (Å²) in [7, 11) is 0. The summed E-state index contributed by atoms with van der Waals surface area (Å²) in [5.41, 5.74) is -1.20. The minimum absolute atomic E-state index is 0.0769. The molecule has 1 aliphatic rings. The Kier molecular flexibility index (Phi) is 5.45. The lowest BCUT2D eigenvalue weighted by molar-refractivity contribution is -0.274. The van der Waals surface area contributed by atoms with Crippen LogP contribution in [-0.4, -0.2) is 29.7 Å². The fourth-order valence-corrected chi connectivity index (χ4v) is 3.05. The first kappa shape index (κ1) is 18.4. The highest BCUT2D eigenvalue weighted by Gasteiger charge is 2.61. The second kappa shape index (κ2) is 6.22. The smallest absolute Gasteiger partial charge is 0.349 e. The molecule has 1 N–H and O–H groups in total. The van der Waals surface area contributed by atoms with Crippen molar-refractivity contribution < 1.29 is 31.1 Å². The number of alkyl halides is 7. The zero-order valence-corrected chi connectivity index (χ0v) is 12.0. The summed E-state index contributed by atoms with van der Waals surface area (Å²) in [5, 5.41) is 1.91. The van der Waals surface area contributed by atoms with E-state index in [0.29, 0.717) is 6.42 Å². The molecule has 124 valence electrons. The minimum atomic E-state index is -5.68.